The monoisotopic (exact) mass is 318 g/mol. The molecule has 1 fully saturated rings. The van der Waals surface area contributed by atoms with Crippen molar-refractivity contribution in [2.24, 2.45) is 0 Å². The zero-order valence-corrected chi connectivity index (χ0v) is 10.3. The van der Waals surface area contributed by atoms with Gasteiger partial charge in [-0.2, -0.15) is 0 Å². The van der Waals surface area contributed by atoms with Gasteiger partial charge in [0.15, 0.2) is 5.60 Å². The van der Waals surface area contributed by atoms with Crippen LogP contribution in [0.1, 0.15) is 12.0 Å². The van der Waals surface area contributed by atoms with Crippen molar-refractivity contribution in [3.05, 3.63) is 35.9 Å². The van der Waals surface area contributed by atoms with Crippen molar-refractivity contribution in [1.82, 2.24) is 0 Å². The molecule has 0 amide bonds. The average molecular weight is 318 g/mol. The van der Waals surface area contributed by atoms with Crippen molar-refractivity contribution in [3.63, 3.8) is 0 Å². The molecule has 1 aromatic rings. The number of rotatable bonds is 2. The first kappa shape index (κ1) is 10.7. The molecule has 0 saturated carbocycles. The third-order valence-electron chi connectivity index (χ3n) is 2.52. The van der Waals surface area contributed by atoms with E-state index in [1.165, 1.54) is 0 Å². The zero-order valence-electron chi connectivity index (χ0n) is 8.11. The highest BCUT2D eigenvalue weighted by Gasteiger charge is 2.39. The average Bonchev–Trinajstić information content (AvgIpc) is 2.30. The van der Waals surface area contributed by atoms with Crippen LogP contribution in [0.4, 0.5) is 4.79 Å². The third kappa shape index (κ3) is 2.09. The lowest BCUT2D eigenvalue weighted by Crippen LogP contribution is -2.40. The number of benzene rings is 1. The van der Waals surface area contributed by atoms with Gasteiger partial charge in [0.05, 0.1) is 6.61 Å². The molecular weight excluding hydrogens is 307 g/mol. The molecule has 15 heavy (non-hydrogen) atoms. The van der Waals surface area contributed by atoms with Gasteiger partial charge in [-0.1, -0.05) is 52.9 Å². The Balaban J connectivity index is 2.32. The topological polar surface area (TPSA) is 35.5 Å². The molecule has 80 valence electrons. The lowest BCUT2D eigenvalue weighted by atomic mass is 9.92. The highest BCUT2D eigenvalue weighted by molar-refractivity contribution is 14.1. The van der Waals surface area contributed by atoms with E-state index < -0.39 is 11.8 Å². The molecule has 1 aliphatic rings. The van der Waals surface area contributed by atoms with Crippen LogP contribution in [0.15, 0.2) is 30.3 Å². The maximum absolute atomic E-state index is 11.2. The van der Waals surface area contributed by atoms with Gasteiger partial charge in [0.1, 0.15) is 0 Å². The maximum atomic E-state index is 11.2. The molecule has 0 aromatic heterocycles. The van der Waals surface area contributed by atoms with Crippen LogP contribution >= 0.6 is 22.6 Å². The van der Waals surface area contributed by atoms with Gasteiger partial charge in [-0.15, -0.1) is 0 Å². The number of alkyl halides is 1. The van der Waals surface area contributed by atoms with Crippen LogP contribution in [0, 0.1) is 0 Å². The van der Waals surface area contributed by atoms with Crippen LogP contribution in [0.5, 0.6) is 0 Å². The maximum Gasteiger partial charge on any atom is 0.509 e. The summed E-state index contributed by atoms with van der Waals surface area (Å²) in [6, 6.07) is 9.82. The third-order valence-corrected chi connectivity index (χ3v) is 3.75. The predicted molar refractivity (Wildman–Crippen MR) is 64.1 cm³/mol. The molecule has 4 heteroatoms. The summed E-state index contributed by atoms with van der Waals surface area (Å²) in [4.78, 5) is 11.2. The second-order valence-corrected chi connectivity index (χ2v) is 4.21. The summed E-state index contributed by atoms with van der Waals surface area (Å²) in [7, 11) is 0. The Bertz CT molecular complexity index is 352. The first-order valence-electron chi connectivity index (χ1n) is 4.74. The van der Waals surface area contributed by atoms with Crippen molar-refractivity contribution < 1.29 is 14.3 Å². The molecule has 3 nitrogen and oxygen atoms in total. The molecule has 0 aliphatic carbocycles. The van der Waals surface area contributed by atoms with Crippen LogP contribution in [0.25, 0.3) is 0 Å². The predicted octanol–water partition coefficient (Wildman–Crippen LogP) is 2.87. The molecule has 0 N–H and O–H groups in total. The summed E-state index contributed by atoms with van der Waals surface area (Å²) < 4.78 is 10.9. The minimum Gasteiger partial charge on any atom is -0.434 e. The molecule has 1 atom stereocenters. The van der Waals surface area contributed by atoms with Gasteiger partial charge < -0.3 is 9.47 Å². The lowest BCUT2D eigenvalue weighted by Gasteiger charge is -2.34. The summed E-state index contributed by atoms with van der Waals surface area (Å²) in [5, 5.41) is 0. The number of ether oxygens (including phenoxy) is 2. The summed E-state index contributed by atoms with van der Waals surface area (Å²) in [5.74, 6) is 0. The minimum absolute atomic E-state index is 0.427. The van der Waals surface area contributed by atoms with Gasteiger partial charge in [-0.3, -0.25) is 0 Å². The van der Waals surface area contributed by atoms with E-state index in [9.17, 15) is 4.79 Å². The summed E-state index contributed by atoms with van der Waals surface area (Å²) in [5.41, 5.74) is 0.535. The molecule has 1 aromatic carbocycles. The SMILES string of the molecule is O=C1OCC[C@](CI)(c2ccccc2)O1. The first-order valence-corrected chi connectivity index (χ1v) is 6.27. The van der Waals surface area contributed by atoms with E-state index >= 15 is 0 Å². The van der Waals surface area contributed by atoms with Crippen LogP contribution in [0.3, 0.4) is 0 Å². The Labute approximate surface area is 102 Å². The number of hydrogen-bond donors (Lipinski definition) is 0. The fraction of sp³-hybridized carbons (Fsp3) is 0.364. The lowest BCUT2D eigenvalue weighted by molar-refractivity contribution is -0.0750. The Morgan fingerprint density at radius 3 is 2.67 bits per heavy atom. The normalized spacial score (nSPS) is 25.5. The van der Waals surface area contributed by atoms with Gasteiger partial charge >= 0.3 is 6.16 Å². The Hall–Kier alpha value is -0.780. The second kappa shape index (κ2) is 4.38. The van der Waals surface area contributed by atoms with Crippen molar-refractivity contribution in [1.29, 1.82) is 0 Å². The molecule has 1 heterocycles. The van der Waals surface area contributed by atoms with E-state index in [1.54, 1.807) is 0 Å². The standard InChI is InChI=1S/C11H11IO3/c12-8-11(6-7-14-10(13)15-11)9-4-2-1-3-5-9/h1-5H,6-8H2/t11-/m0/s1. The number of carbonyl (C=O) groups is 1. The van der Waals surface area contributed by atoms with Gasteiger partial charge in [0, 0.05) is 10.8 Å². The molecule has 1 saturated heterocycles. The van der Waals surface area contributed by atoms with E-state index in [1.807, 2.05) is 30.3 Å². The first-order chi connectivity index (χ1) is 7.27. The van der Waals surface area contributed by atoms with E-state index in [2.05, 4.69) is 22.6 Å². The summed E-state index contributed by atoms with van der Waals surface area (Å²) >= 11 is 2.24. The number of carbonyl (C=O) groups excluding carboxylic acids is 1. The highest BCUT2D eigenvalue weighted by Crippen LogP contribution is 2.34. The van der Waals surface area contributed by atoms with Gasteiger partial charge in [-0.05, 0) is 5.56 Å². The molecular formula is C11H11IO3. The molecule has 2 rings (SSSR count). The van der Waals surface area contributed by atoms with Crippen LogP contribution in [-0.4, -0.2) is 17.2 Å². The Morgan fingerprint density at radius 1 is 1.33 bits per heavy atom. The largest absolute Gasteiger partial charge is 0.509 e. The molecule has 0 radical (unpaired) electrons. The van der Waals surface area contributed by atoms with E-state index in [0.29, 0.717) is 13.0 Å². The van der Waals surface area contributed by atoms with E-state index in [4.69, 9.17) is 9.47 Å². The number of hydrogen-bond acceptors (Lipinski definition) is 3. The van der Waals surface area contributed by atoms with Crippen molar-refractivity contribution in [2.75, 3.05) is 11.0 Å². The van der Waals surface area contributed by atoms with Crippen LogP contribution in [0.2, 0.25) is 0 Å². The molecule has 0 spiro atoms. The van der Waals surface area contributed by atoms with Gasteiger partial charge in [0.2, 0.25) is 0 Å². The Morgan fingerprint density at radius 2 is 2.07 bits per heavy atom. The molecule has 0 unspecified atom stereocenters. The molecule has 1 aliphatic heterocycles. The fourth-order valence-electron chi connectivity index (χ4n) is 1.66. The summed E-state index contributed by atoms with van der Waals surface area (Å²) in [6.07, 6.45) is 0.146. The number of cyclic esters (lactones) is 2. The quantitative estimate of drug-likeness (QED) is 0.478. The van der Waals surface area contributed by atoms with Gasteiger partial charge in [0.25, 0.3) is 0 Å². The van der Waals surface area contributed by atoms with Crippen molar-refractivity contribution in [3.8, 4) is 0 Å². The number of halogens is 1. The Kier molecular flexibility index (Phi) is 3.14. The van der Waals surface area contributed by atoms with E-state index in [0.717, 1.165) is 9.99 Å². The smallest absolute Gasteiger partial charge is 0.434 e. The zero-order chi connectivity index (χ0) is 10.7. The van der Waals surface area contributed by atoms with Gasteiger partial charge in [-0.25, -0.2) is 4.79 Å². The van der Waals surface area contributed by atoms with Crippen LogP contribution < -0.4 is 0 Å². The molecule has 0 bridgehead atoms. The van der Waals surface area contributed by atoms with Crippen LogP contribution in [-0.2, 0) is 15.1 Å². The second-order valence-electron chi connectivity index (χ2n) is 3.44. The van der Waals surface area contributed by atoms with E-state index in [-0.39, 0.29) is 0 Å². The van der Waals surface area contributed by atoms with Crippen molar-refractivity contribution in [2.45, 2.75) is 12.0 Å². The summed E-state index contributed by atoms with van der Waals surface area (Å²) in [6.45, 7) is 0.427. The van der Waals surface area contributed by atoms with Crippen molar-refractivity contribution >= 4 is 28.7 Å². The fourth-order valence-corrected chi connectivity index (χ4v) is 2.63. The minimum atomic E-state index is -0.568. The highest BCUT2D eigenvalue weighted by atomic mass is 127.